The fraction of sp³-hybridized carbons (Fsp3) is 0.667. The van der Waals surface area contributed by atoms with Gasteiger partial charge in [0, 0.05) is 26.2 Å². The molecule has 2 N–H and O–H groups in total. The van der Waals surface area contributed by atoms with Crippen LogP contribution in [-0.4, -0.2) is 46.3 Å². The number of hydrogen-bond acceptors (Lipinski definition) is 4. The first-order valence-electron chi connectivity index (χ1n) is 6.15. The third-order valence-corrected chi connectivity index (χ3v) is 3.36. The molecule has 100 valence electrons. The lowest BCUT2D eigenvalue weighted by Gasteiger charge is -2.16. The SMILES string of the molecule is Cc1nn(C)c(C)c1OCC(=O)N1CCC(N)C1. The second-order valence-corrected chi connectivity index (χ2v) is 4.80. The Morgan fingerprint density at radius 1 is 1.56 bits per heavy atom. The van der Waals surface area contributed by atoms with E-state index in [1.165, 1.54) is 0 Å². The van der Waals surface area contributed by atoms with Crippen molar-refractivity contribution >= 4 is 5.91 Å². The monoisotopic (exact) mass is 252 g/mol. The molecule has 1 unspecified atom stereocenters. The molecule has 0 aromatic carbocycles. The van der Waals surface area contributed by atoms with Gasteiger partial charge in [-0.1, -0.05) is 0 Å². The summed E-state index contributed by atoms with van der Waals surface area (Å²) >= 11 is 0. The molecule has 0 saturated carbocycles. The van der Waals surface area contributed by atoms with Crippen LogP contribution in [0.15, 0.2) is 0 Å². The summed E-state index contributed by atoms with van der Waals surface area (Å²) < 4.78 is 7.33. The largest absolute Gasteiger partial charge is 0.480 e. The summed E-state index contributed by atoms with van der Waals surface area (Å²) in [6, 6.07) is 0.107. The molecule has 1 aliphatic rings. The Morgan fingerprint density at radius 2 is 2.28 bits per heavy atom. The molecule has 2 rings (SSSR count). The number of rotatable bonds is 3. The van der Waals surface area contributed by atoms with Gasteiger partial charge in [-0.15, -0.1) is 0 Å². The van der Waals surface area contributed by atoms with Gasteiger partial charge in [0.05, 0.1) is 5.69 Å². The summed E-state index contributed by atoms with van der Waals surface area (Å²) in [5, 5.41) is 4.24. The maximum absolute atomic E-state index is 11.9. The van der Waals surface area contributed by atoms with Crippen molar-refractivity contribution in [3.05, 3.63) is 11.4 Å². The Bertz CT molecular complexity index is 455. The molecule has 6 nitrogen and oxygen atoms in total. The number of likely N-dealkylation sites (tertiary alicyclic amines) is 1. The van der Waals surface area contributed by atoms with Gasteiger partial charge in [0.15, 0.2) is 12.4 Å². The van der Waals surface area contributed by atoms with Gasteiger partial charge in [-0.05, 0) is 20.3 Å². The summed E-state index contributed by atoms with van der Waals surface area (Å²) in [5.41, 5.74) is 7.51. The zero-order chi connectivity index (χ0) is 13.3. The fourth-order valence-electron chi connectivity index (χ4n) is 2.20. The van der Waals surface area contributed by atoms with E-state index in [0.717, 1.165) is 24.4 Å². The first-order chi connectivity index (χ1) is 8.49. The lowest BCUT2D eigenvalue weighted by molar-refractivity contribution is -0.132. The van der Waals surface area contributed by atoms with Crippen molar-refractivity contribution in [2.45, 2.75) is 26.3 Å². The predicted octanol–water partition coefficient (Wildman–Crippen LogP) is -0.0247. The minimum atomic E-state index is -0.00870. The number of aromatic nitrogens is 2. The first kappa shape index (κ1) is 12.9. The van der Waals surface area contributed by atoms with Gasteiger partial charge in [0.25, 0.3) is 5.91 Å². The third-order valence-electron chi connectivity index (χ3n) is 3.36. The van der Waals surface area contributed by atoms with E-state index in [4.69, 9.17) is 10.5 Å². The van der Waals surface area contributed by atoms with Crippen LogP contribution in [0.1, 0.15) is 17.8 Å². The fourth-order valence-corrected chi connectivity index (χ4v) is 2.20. The Kier molecular flexibility index (Phi) is 3.56. The smallest absolute Gasteiger partial charge is 0.260 e. The van der Waals surface area contributed by atoms with E-state index in [0.29, 0.717) is 12.3 Å². The van der Waals surface area contributed by atoms with Crippen molar-refractivity contribution in [3.63, 3.8) is 0 Å². The quantitative estimate of drug-likeness (QED) is 0.820. The summed E-state index contributed by atoms with van der Waals surface area (Å²) in [7, 11) is 1.86. The minimum Gasteiger partial charge on any atom is -0.480 e. The zero-order valence-corrected chi connectivity index (χ0v) is 11.1. The molecule has 1 amide bonds. The van der Waals surface area contributed by atoms with Crippen LogP contribution in [0.2, 0.25) is 0 Å². The molecule has 0 radical (unpaired) electrons. The maximum Gasteiger partial charge on any atom is 0.260 e. The number of aryl methyl sites for hydroxylation is 2. The molecule has 2 heterocycles. The van der Waals surface area contributed by atoms with E-state index in [2.05, 4.69) is 5.10 Å². The van der Waals surface area contributed by atoms with Gasteiger partial charge >= 0.3 is 0 Å². The van der Waals surface area contributed by atoms with Crippen molar-refractivity contribution in [1.82, 2.24) is 14.7 Å². The predicted molar refractivity (Wildman–Crippen MR) is 67.3 cm³/mol. The highest BCUT2D eigenvalue weighted by Gasteiger charge is 2.24. The Labute approximate surface area is 107 Å². The van der Waals surface area contributed by atoms with Crippen LogP contribution in [0.4, 0.5) is 0 Å². The van der Waals surface area contributed by atoms with Gasteiger partial charge in [0.2, 0.25) is 0 Å². The molecule has 1 saturated heterocycles. The highest BCUT2D eigenvalue weighted by molar-refractivity contribution is 5.78. The molecule has 1 aromatic heterocycles. The normalized spacial score (nSPS) is 19.3. The second-order valence-electron chi connectivity index (χ2n) is 4.80. The van der Waals surface area contributed by atoms with Crippen LogP contribution in [0.5, 0.6) is 5.75 Å². The summed E-state index contributed by atoms with van der Waals surface area (Å²) in [6.07, 6.45) is 0.872. The van der Waals surface area contributed by atoms with Gasteiger partial charge in [-0.2, -0.15) is 5.10 Å². The van der Waals surface area contributed by atoms with Crippen molar-refractivity contribution in [2.24, 2.45) is 12.8 Å². The lowest BCUT2D eigenvalue weighted by Crippen LogP contribution is -2.35. The highest BCUT2D eigenvalue weighted by Crippen LogP contribution is 2.21. The molecule has 1 aliphatic heterocycles. The molecule has 1 aromatic rings. The van der Waals surface area contributed by atoms with Gasteiger partial charge in [-0.3, -0.25) is 9.48 Å². The minimum absolute atomic E-state index is 0.00870. The number of nitrogens with two attached hydrogens (primary N) is 1. The topological polar surface area (TPSA) is 73.4 Å². The molecule has 0 spiro atoms. The van der Waals surface area contributed by atoms with E-state index in [1.807, 2.05) is 20.9 Å². The van der Waals surface area contributed by atoms with Crippen molar-refractivity contribution in [1.29, 1.82) is 0 Å². The zero-order valence-electron chi connectivity index (χ0n) is 11.1. The van der Waals surface area contributed by atoms with Gasteiger partial charge in [-0.25, -0.2) is 0 Å². The lowest BCUT2D eigenvalue weighted by atomic mass is 10.3. The third kappa shape index (κ3) is 2.48. The Hall–Kier alpha value is -1.56. The first-order valence-corrected chi connectivity index (χ1v) is 6.15. The standard InChI is InChI=1S/C12H20N4O2/c1-8-12(9(2)15(3)14-8)18-7-11(17)16-5-4-10(13)6-16/h10H,4-7,13H2,1-3H3. The average Bonchev–Trinajstić information content (AvgIpc) is 2.83. The molecular formula is C12H20N4O2. The average molecular weight is 252 g/mol. The van der Waals surface area contributed by atoms with Crippen LogP contribution < -0.4 is 10.5 Å². The maximum atomic E-state index is 11.9. The van der Waals surface area contributed by atoms with E-state index in [9.17, 15) is 4.79 Å². The highest BCUT2D eigenvalue weighted by atomic mass is 16.5. The number of hydrogen-bond donors (Lipinski definition) is 1. The van der Waals surface area contributed by atoms with E-state index in [-0.39, 0.29) is 18.6 Å². The number of carbonyl (C=O) groups is 1. The molecule has 18 heavy (non-hydrogen) atoms. The number of carbonyl (C=O) groups excluding carboxylic acids is 1. The van der Waals surface area contributed by atoms with Crippen LogP contribution >= 0.6 is 0 Å². The van der Waals surface area contributed by atoms with E-state index in [1.54, 1.807) is 9.58 Å². The van der Waals surface area contributed by atoms with Crippen LogP contribution in [0.25, 0.3) is 0 Å². The summed E-state index contributed by atoms with van der Waals surface area (Å²) in [4.78, 5) is 13.7. The second kappa shape index (κ2) is 4.97. The van der Waals surface area contributed by atoms with Crippen molar-refractivity contribution < 1.29 is 9.53 Å². The summed E-state index contributed by atoms with van der Waals surface area (Å²) in [6.45, 7) is 5.21. The molecule has 6 heteroatoms. The van der Waals surface area contributed by atoms with Crippen LogP contribution in [0, 0.1) is 13.8 Å². The number of amides is 1. The molecule has 0 bridgehead atoms. The molecule has 0 aliphatic carbocycles. The van der Waals surface area contributed by atoms with E-state index >= 15 is 0 Å². The van der Waals surface area contributed by atoms with E-state index < -0.39 is 0 Å². The van der Waals surface area contributed by atoms with Gasteiger partial charge < -0.3 is 15.4 Å². The summed E-state index contributed by atoms with van der Waals surface area (Å²) in [5.74, 6) is 0.694. The number of ether oxygens (including phenoxy) is 1. The van der Waals surface area contributed by atoms with Crippen molar-refractivity contribution in [2.75, 3.05) is 19.7 Å². The van der Waals surface area contributed by atoms with Crippen LogP contribution in [0.3, 0.4) is 0 Å². The molecule has 1 fully saturated rings. The molecular weight excluding hydrogens is 232 g/mol. The Balaban J connectivity index is 1.93. The van der Waals surface area contributed by atoms with Crippen LogP contribution in [-0.2, 0) is 11.8 Å². The Morgan fingerprint density at radius 3 is 2.78 bits per heavy atom. The molecule has 1 atom stereocenters. The number of nitrogens with zero attached hydrogens (tertiary/aromatic N) is 3. The van der Waals surface area contributed by atoms with Crippen molar-refractivity contribution in [3.8, 4) is 5.75 Å². The van der Waals surface area contributed by atoms with Gasteiger partial charge in [0.1, 0.15) is 5.69 Å².